The number of fused-ring (bicyclic) bond motifs is 1. The predicted molar refractivity (Wildman–Crippen MR) is 116 cm³/mol. The molecule has 1 atom stereocenters. The average Bonchev–Trinajstić information content (AvgIpc) is 3.23. The Morgan fingerprint density at radius 3 is 2.90 bits per heavy atom. The van der Waals surface area contributed by atoms with Gasteiger partial charge in [0.15, 0.2) is 15.8 Å². The normalized spacial score (nSPS) is 18.5. The van der Waals surface area contributed by atoms with Crippen LogP contribution in [0.1, 0.15) is 25.3 Å². The van der Waals surface area contributed by atoms with E-state index in [0.717, 1.165) is 22.9 Å². The molecule has 3 rings (SSSR count). The lowest BCUT2D eigenvalue weighted by atomic mass is 10.1. The summed E-state index contributed by atoms with van der Waals surface area (Å²) in [5.74, 6) is 0.305. The quantitative estimate of drug-likeness (QED) is 0.365. The molecule has 4 N–H and O–H groups in total. The third-order valence-corrected chi connectivity index (χ3v) is 6.73. The Balaban J connectivity index is 1.45. The van der Waals surface area contributed by atoms with Gasteiger partial charge in [0.2, 0.25) is 5.91 Å². The molecule has 8 nitrogen and oxygen atoms in total. The number of aromatic amines is 1. The van der Waals surface area contributed by atoms with Gasteiger partial charge < -0.3 is 20.9 Å². The number of sulfone groups is 1. The maximum atomic E-state index is 13.3. The summed E-state index contributed by atoms with van der Waals surface area (Å²) in [4.78, 5) is 19.5. The van der Waals surface area contributed by atoms with Gasteiger partial charge in [-0.25, -0.2) is 12.8 Å². The number of nitrogens with one attached hydrogen (secondary N) is 4. The highest BCUT2D eigenvalue weighted by Gasteiger charge is 2.28. The molecular formula is C20H28FN5O3S. The van der Waals surface area contributed by atoms with Gasteiger partial charge in [-0.3, -0.25) is 9.79 Å². The molecule has 1 aromatic heterocycles. The number of amides is 1. The van der Waals surface area contributed by atoms with Crippen LogP contribution in [0.3, 0.4) is 0 Å². The Morgan fingerprint density at radius 2 is 2.17 bits per heavy atom. The minimum atomic E-state index is -3.01. The van der Waals surface area contributed by atoms with Gasteiger partial charge in [-0.2, -0.15) is 0 Å². The van der Waals surface area contributed by atoms with Gasteiger partial charge in [-0.05, 0) is 43.5 Å². The van der Waals surface area contributed by atoms with Crippen molar-refractivity contribution in [1.29, 1.82) is 0 Å². The van der Waals surface area contributed by atoms with Crippen LogP contribution in [0, 0.1) is 5.82 Å². The predicted octanol–water partition coefficient (Wildman–Crippen LogP) is 1.10. The first-order chi connectivity index (χ1) is 14.4. The van der Waals surface area contributed by atoms with Crippen LogP contribution in [0.2, 0.25) is 0 Å². The van der Waals surface area contributed by atoms with Gasteiger partial charge in [-0.15, -0.1) is 0 Å². The molecule has 2 aromatic rings. The number of hydrogen-bond acceptors (Lipinski definition) is 4. The number of carbonyl (C=O) groups is 1. The largest absolute Gasteiger partial charge is 0.361 e. The summed E-state index contributed by atoms with van der Waals surface area (Å²) in [5.41, 5.74) is 1.85. The first kappa shape index (κ1) is 22.1. The van der Waals surface area contributed by atoms with Crippen molar-refractivity contribution in [2.24, 2.45) is 4.99 Å². The molecule has 1 aromatic carbocycles. The van der Waals surface area contributed by atoms with E-state index in [9.17, 15) is 17.6 Å². The van der Waals surface area contributed by atoms with Crippen LogP contribution in [-0.2, 0) is 21.1 Å². The van der Waals surface area contributed by atoms with Gasteiger partial charge in [-0.1, -0.05) is 0 Å². The van der Waals surface area contributed by atoms with Crippen LogP contribution < -0.4 is 16.0 Å². The minimum Gasteiger partial charge on any atom is -0.361 e. The molecule has 164 valence electrons. The Labute approximate surface area is 175 Å². The molecule has 10 heteroatoms. The second kappa shape index (κ2) is 9.92. The minimum absolute atomic E-state index is 0.0205. The monoisotopic (exact) mass is 437 g/mol. The summed E-state index contributed by atoms with van der Waals surface area (Å²) in [6.45, 7) is 3.57. The Hall–Kier alpha value is -2.62. The molecule has 0 saturated carbocycles. The van der Waals surface area contributed by atoms with Crippen molar-refractivity contribution >= 4 is 32.6 Å². The SMILES string of the molecule is CCNC(=NCCC(=O)NC1CCS(=O)(=O)C1)NCCc1c[nH]c2cc(F)ccc12. The van der Waals surface area contributed by atoms with Crippen molar-refractivity contribution < 1.29 is 17.6 Å². The number of rotatable bonds is 8. The van der Waals surface area contributed by atoms with Crippen LogP contribution in [0.25, 0.3) is 10.9 Å². The number of H-pyrrole nitrogens is 1. The molecular weight excluding hydrogens is 409 g/mol. The van der Waals surface area contributed by atoms with Crippen LogP contribution in [-0.4, -0.2) is 62.5 Å². The average molecular weight is 438 g/mol. The Kier molecular flexibility index (Phi) is 7.30. The molecule has 0 spiro atoms. The lowest BCUT2D eigenvalue weighted by Gasteiger charge is -2.12. The van der Waals surface area contributed by atoms with Crippen LogP contribution in [0.15, 0.2) is 29.4 Å². The Bertz CT molecular complexity index is 1020. The first-order valence-corrected chi connectivity index (χ1v) is 12.0. The van der Waals surface area contributed by atoms with Crippen LogP contribution >= 0.6 is 0 Å². The highest BCUT2D eigenvalue weighted by Crippen LogP contribution is 2.19. The van der Waals surface area contributed by atoms with Gasteiger partial charge >= 0.3 is 0 Å². The molecule has 1 saturated heterocycles. The fraction of sp³-hybridized carbons (Fsp3) is 0.500. The summed E-state index contributed by atoms with van der Waals surface area (Å²) >= 11 is 0. The summed E-state index contributed by atoms with van der Waals surface area (Å²) < 4.78 is 36.2. The van der Waals surface area contributed by atoms with E-state index in [1.807, 2.05) is 13.1 Å². The lowest BCUT2D eigenvalue weighted by molar-refractivity contribution is -0.121. The number of carbonyl (C=O) groups excluding carboxylic acids is 1. The molecule has 1 fully saturated rings. The molecule has 1 aliphatic heterocycles. The second-order valence-corrected chi connectivity index (χ2v) is 9.59. The fourth-order valence-electron chi connectivity index (χ4n) is 3.50. The smallest absolute Gasteiger partial charge is 0.222 e. The number of aliphatic imine (C=N–C) groups is 1. The molecule has 2 heterocycles. The summed E-state index contributed by atoms with van der Waals surface area (Å²) in [6, 6.07) is 4.40. The van der Waals surface area contributed by atoms with Crippen molar-refractivity contribution in [3.05, 3.63) is 35.8 Å². The zero-order chi connectivity index (χ0) is 21.6. The third kappa shape index (κ3) is 6.19. The first-order valence-electron chi connectivity index (χ1n) is 10.1. The van der Waals surface area contributed by atoms with Crippen LogP contribution in [0.4, 0.5) is 4.39 Å². The van der Waals surface area contributed by atoms with E-state index in [4.69, 9.17) is 0 Å². The maximum absolute atomic E-state index is 13.3. The van der Waals surface area contributed by atoms with E-state index in [0.29, 0.717) is 32.0 Å². The van der Waals surface area contributed by atoms with E-state index in [-0.39, 0.29) is 35.7 Å². The van der Waals surface area contributed by atoms with Crippen molar-refractivity contribution in [2.45, 2.75) is 32.2 Å². The molecule has 1 amide bonds. The molecule has 30 heavy (non-hydrogen) atoms. The summed E-state index contributed by atoms with van der Waals surface area (Å²) in [5, 5.41) is 10.1. The standard InChI is InChI=1S/C20H28FN5O3S/c1-2-22-20(24-9-6-19(27)26-16-7-10-30(28,29)13-16)23-8-5-14-12-25-18-11-15(21)3-4-17(14)18/h3-4,11-12,16,25H,2,5-10,13H2,1H3,(H,26,27)(H2,22,23,24). The van der Waals surface area contributed by atoms with E-state index in [1.54, 1.807) is 6.07 Å². The zero-order valence-electron chi connectivity index (χ0n) is 17.0. The third-order valence-electron chi connectivity index (χ3n) is 4.97. The molecule has 0 aliphatic carbocycles. The van der Waals surface area contributed by atoms with Gasteiger partial charge in [0.25, 0.3) is 0 Å². The number of benzene rings is 1. The highest BCUT2D eigenvalue weighted by molar-refractivity contribution is 7.91. The maximum Gasteiger partial charge on any atom is 0.222 e. The lowest BCUT2D eigenvalue weighted by Crippen LogP contribution is -2.39. The van der Waals surface area contributed by atoms with Gasteiger partial charge in [0.05, 0.1) is 18.1 Å². The Morgan fingerprint density at radius 1 is 1.33 bits per heavy atom. The van der Waals surface area contributed by atoms with Gasteiger partial charge in [0, 0.05) is 42.7 Å². The van der Waals surface area contributed by atoms with Crippen molar-refractivity contribution in [3.8, 4) is 0 Å². The number of aromatic nitrogens is 1. The van der Waals surface area contributed by atoms with E-state index >= 15 is 0 Å². The highest BCUT2D eigenvalue weighted by atomic mass is 32.2. The fourth-order valence-corrected chi connectivity index (χ4v) is 5.17. The number of halogens is 1. The van der Waals surface area contributed by atoms with E-state index in [1.165, 1.54) is 12.1 Å². The van der Waals surface area contributed by atoms with Crippen molar-refractivity contribution in [1.82, 2.24) is 20.9 Å². The van der Waals surface area contributed by atoms with E-state index < -0.39 is 9.84 Å². The summed E-state index contributed by atoms with van der Waals surface area (Å²) in [6.07, 6.45) is 3.28. The number of hydrogen-bond donors (Lipinski definition) is 4. The molecule has 0 bridgehead atoms. The number of guanidine groups is 1. The molecule has 1 unspecified atom stereocenters. The van der Waals surface area contributed by atoms with E-state index in [2.05, 4.69) is 25.9 Å². The van der Waals surface area contributed by atoms with Gasteiger partial charge in [0.1, 0.15) is 5.82 Å². The van der Waals surface area contributed by atoms with Crippen LogP contribution in [0.5, 0.6) is 0 Å². The number of nitrogens with zero attached hydrogens (tertiary/aromatic N) is 1. The van der Waals surface area contributed by atoms with Crippen molar-refractivity contribution in [3.63, 3.8) is 0 Å². The molecule has 0 radical (unpaired) electrons. The van der Waals surface area contributed by atoms with Crippen molar-refractivity contribution in [2.75, 3.05) is 31.1 Å². The second-order valence-electron chi connectivity index (χ2n) is 7.36. The molecule has 1 aliphatic rings. The zero-order valence-corrected chi connectivity index (χ0v) is 17.8. The topological polar surface area (TPSA) is 115 Å². The summed E-state index contributed by atoms with van der Waals surface area (Å²) in [7, 11) is -3.01.